The molecule has 3 heteroatoms. The van der Waals surface area contributed by atoms with Crippen molar-refractivity contribution in [1.29, 1.82) is 0 Å². The molecule has 0 saturated heterocycles. The van der Waals surface area contributed by atoms with Crippen LogP contribution in [-0.4, -0.2) is 28.5 Å². The summed E-state index contributed by atoms with van der Waals surface area (Å²) < 4.78 is 2.33. The summed E-state index contributed by atoms with van der Waals surface area (Å²) in [5.41, 5.74) is 4.86. The minimum Gasteiger partial charge on any atom is -0.396 e. The van der Waals surface area contributed by atoms with Gasteiger partial charge in [-0.25, -0.2) is 0 Å². The van der Waals surface area contributed by atoms with E-state index in [1.165, 1.54) is 17.0 Å². The first-order valence-electron chi connectivity index (χ1n) is 9.15. The second-order valence-corrected chi connectivity index (χ2v) is 6.98. The quantitative estimate of drug-likeness (QED) is 0.566. The second-order valence-electron chi connectivity index (χ2n) is 6.98. The smallest absolute Gasteiger partial charge is 0.209 e. The molecule has 0 unspecified atom stereocenters. The van der Waals surface area contributed by atoms with Crippen molar-refractivity contribution in [3.63, 3.8) is 0 Å². The summed E-state index contributed by atoms with van der Waals surface area (Å²) in [5, 5.41) is 12.5. The predicted octanol–water partition coefficient (Wildman–Crippen LogP) is 4.63. The fourth-order valence-corrected chi connectivity index (χ4v) is 3.49. The Hall–Kier alpha value is -2.65. The summed E-state index contributed by atoms with van der Waals surface area (Å²) in [6, 6.07) is 18.7. The molecule has 1 aliphatic rings. The number of aliphatic hydroxyl groups is 1. The molecule has 3 nitrogen and oxygen atoms in total. The molecule has 26 heavy (non-hydrogen) atoms. The number of para-hydroxylation sites is 2. The van der Waals surface area contributed by atoms with E-state index in [1.807, 2.05) is 42.6 Å². The second kappa shape index (κ2) is 8.15. The van der Waals surface area contributed by atoms with E-state index >= 15 is 0 Å². The molecule has 0 aliphatic carbocycles. The first-order chi connectivity index (χ1) is 12.6. The summed E-state index contributed by atoms with van der Waals surface area (Å²) >= 11 is 0. The number of nitrogens with one attached hydrogen (secondary N) is 1. The molecule has 0 atom stereocenters. The number of hydrogen-bond donors (Lipinski definition) is 2. The molecule has 0 aromatic heterocycles. The molecule has 0 fully saturated rings. The molecule has 3 rings (SSSR count). The van der Waals surface area contributed by atoms with Crippen molar-refractivity contribution in [1.82, 2.24) is 0 Å². The monoisotopic (exact) mass is 347 g/mol. The summed E-state index contributed by atoms with van der Waals surface area (Å²) in [6.45, 7) is 5.55. The molecule has 0 amide bonds. The molecule has 0 saturated carbocycles. The highest BCUT2D eigenvalue weighted by molar-refractivity contribution is 6.03. The largest absolute Gasteiger partial charge is 0.396 e. The Kier molecular flexibility index (Phi) is 5.69. The summed E-state index contributed by atoms with van der Waals surface area (Å²) in [4.78, 5) is 0. The summed E-state index contributed by atoms with van der Waals surface area (Å²) in [7, 11) is 0. The maximum absolute atomic E-state index is 9.27. The van der Waals surface area contributed by atoms with Gasteiger partial charge in [-0.1, -0.05) is 42.5 Å². The number of aliphatic hydroxyl groups excluding tert-OH is 1. The molecule has 0 bridgehead atoms. The third-order valence-electron chi connectivity index (χ3n) is 4.82. The average molecular weight is 347 g/mol. The van der Waals surface area contributed by atoms with E-state index in [9.17, 15) is 5.11 Å². The lowest BCUT2D eigenvalue weighted by atomic mass is 9.81. The first-order valence-corrected chi connectivity index (χ1v) is 9.15. The fraction of sp³-hybridized carbons (Fsp3) is 0.261. The highest BCUT2D eigenvalue weighted by atomic mass is 16.3. The van der Waals surface area contributed by atoms with Gasteiger partial charge < -0.3 is 10.4 Å². The SMILES string of the molecule is CC1(C)C(/C=C/C=C/Nc2ccccc2)=[N+](CCCO)c2ccccc21. The lowest BCUT2D eigenvalue weighted by Gasteiger charge is -2.15. The zero-order valence-corrected chi connectivity index (χ0v) is 15.5. The third kappa shape index (κ3) is 3.78. The van der Waals surface area contributed by atoms with Gasteiger partial charge in [0.2, 0.25) is 5.69 Å². The van der Waals surface area contributed by atoms with Crippen LogP contribution in [0.3, 0.4) is 0 Å². The number of allylic oxidation sites excluding steroid dienone is 3. The van der Waals surface area contributed by atoms with E-state index < -0.39 is 0 Å². The molecule has 0 spiro atoms. The van der Waals surface area contributed by atoms with Crippen LogP contribution in [0.5, 0.6) is 0 Å². The highest BCUT2D eigenvalue weighted by Gasteiger charge is 2.43. The van der Waals surface area contributed by atoms with Crippen molar-refractivity contribution in [2.24, 2.45) is 0 Å². The number of anilines is 1. The number of hydrogen-bond acceptors (Lipinski definition) is 2. The van der Waals surface area contributed by atoms with Crippen LogP contribution >= 0.6 is 0 Å². The molecule has 2 N–H and O–H groups in total. The lowest BCUT2D eigenvalue weighted by Crippen LogP contribution is -2.28. The van der Waals surface area contributed by atoms with Gasteiger partial charge in [0.1, 0.15) is 0 Å². The van der Waals surface area contributed by atoms with Crippen molar-refractivity contribution in [3.05, 3.63) is 84.6 Å². The van der Waals surface area contributed by atoms with Crippen LogP contribution in [0.25, 0.3) is 0 Å². The van der Waals surface area contributed by atoms with Crippen LogP contribution in [0.15, 0.2) is 79.0 Å². The third-order valence-corrected chi connectivity index (χ3v) is 4.82. The minimum absolute atomic E-state index is 0.0523. The summed E-state index contributed by atoms with van der Waals surface area (Å²) in [6.07, 6.45) is 8.97. The fourth-order valence-electron chi connectivity index (χ4n) is 3.49. The van der Waals surface area contributed by atoms with Gasteiger partial charge in [-0.05, 0) is 32.1 Å². The topological polar surface area (TPSA) is 35.3 Å². The molecular weight excluding hydrogens is 320 g/mol. The molecule has 2 aromatic rings. The molecule has 134 valence electrons. The van der Waals surface area contributed by atoms with E-state index in [1.54, 1.807) is 0 Å². The van der Waals surface area contributed by atoms with Crippen molar-refractivity contribution in [2.75, 3.05) is 18.5 Å². The van der Waals surface area contributed by atoms with Gasteiger partial charge in [0, 0.05) is 42.6 Å². The van der Waals surface area contributed by atoms with Gasteiger partial charge in [-0.2, -0.15) is 4.58 Å². The number of fused-ring (bicyclic) bond motifs is 1. The number of benzene rings is 2. The van der Waals surface area contributed by atoms with Crippen LogP contribution in [0.1, 0.15) is 25.8 Å². The average Bonchev–Trinajstić information content (AvgIpc) is 2.88. The standard InChI is InChI=1S/C23H26N2O/c1-23(2)20-13-6-7-14-21(20)25(17-10-18-26)22(23)15-8-9-16-24-19-11-4-3-5-12-19/h3-9,11-16,26H,10,17-18H2,1-2H3/p+1. The van der Waals surface area contributed by atoms with Crippen molar-refractivity contribution in [3.8, 4) is 0 Å². The van der Waals surface area contributed by atoms with Crippen LogP contribution in [0.4, 0.5) is 11.4 Å². The number of rotatable bonds is 7. The van der Waals surface area contributed by atoms with Crippen molar-refractivity contribution >= 4 is 17.1 Å². The first kappa shape index (κ1) is 18.2. The Morgan fingerprint density at radius 1 is 1.00 bits per heavy atom. The van der Waals surface area contributed by atoms with E-state index in [0.29, 0.717) is 0 Å². The van der Waals surface area contributed by atoms with Crippen LogP contribution < -0.4 is 5.32 Å². The highest BCUT2D eigenvalue weighted by Crippen LogP contribution is 2.39. The van der Waals surface area contributed by atoms with Crippen LogP contribution in [0.2, 0.25) is 0 Å². The van der Waals surface area contributed by atoms with E-state index in [-0.39, 0.29) is 12.0 Å². The van der Waals surface area contributed by atoms with Crippen LogP contribution in [-0.2, 0) is 5.41 Å². The van der Waals surface area contributed by atoms with E-state index in [4.69, 9.17) is 0 Å². The Morgan fingerprint density at radius 2 is 1.73 bits per heavy atom. The van der Waals surface area contributed by atoms with E-state index in [2.05, 4.69) is 60.2 Å². The zero-order valence-electron chi connectivity index (χ0n) is 15.5. The maximum Gasteiger partial charge on any atom is 0.209 e. The maximum atomic E-state index is 9.27. The Bertz CT molecular complexity index is 832. The zero-order chi connectivity index (χ0) is 18.4. The Morgan fingerprint density at radius 3 is 2.50 bits per heavy atom. The molecule has 2 aromatic carbocycles. The van der Waals surface area contributed by atoms with Crippen LogP contribution in [0, 0.1) is 0 Å². The molecule has 1 aliphatic heterocycles. The van der Waals surface area contributed by atoms with Gasteiger partial charge >= 0.3 is 0 Å². The molecule has 1 heterocycles. The molecular formula is C23H27N2O+. The summed E-state index contributed by atoms with van der Waals surface area (Å²) in [5.74, 6) is 0. The van der Waals surface area contributed by atoms with Gasteiger partial charge in [0.25, 0.3) is 0 Å². The Labute approximate surface area is 156 Å². The van der Waals surface area contributed by atoms with Crippen molar-refractivity contribution < 1.29 is 9.68 Å². The minimum atomic E-state index is -0.0523. The van der Waals surface area contributed by atoms with Crippen molar-refractivity contribution in [2.45, 2.75) is 25.7 Å². The number of nitrogens with zero attached hydrogens (tertiary/aromatic N) is 1. The van der Waals surface area contributed by atoms with E-state index in [0.717, 1.165) is 18.7 Å². The lowest BCUT2D eigenvalue weighted by molar-refractivity contribution is -0.438. The predicted molar refractivity (Wildman–Crippen MR) is 109 cm³/mol. The Balaban J connectivity index is 1.81. The van der Waals surface area contributed by atoms with Gasteiger partial charge in [-0.3, -0.25) is 0 Å². The van der Waals surface area contributed by atoms with Gasteiger partial charge in [-0.15, -0.1) is 0 Å². The van der Waals surface area contributed by atoms with Gasteiger partial charge in [0.15, 0.2) is 12.3 Å². The van der Waals surface area contributed by atoms with Gasteiger partial charge in [0.05, 0.1) is 5.41 Å². The molecule has 0 radical (unpaired) electrons. The normalized spacial score (nSPS) is 15.8.